The number of urea groups is 1. The number of nitrogens with zero attached hydrogens (tertiary/aromatic N) is 3. The summed E-state index contributed by atoms with van der Waals surface area (Å²) < 4.78 is 5.08. The van der Waals surface area contributed by atoms with Crippen molar-refractivity contribution in [2.75, 3.05) is 35.7 Å². The standard InChI is InChI=1S/C16H19N5O2/c1-23-13-6-4-12(5-7-13)19-16(22)20-14-10-15(18-11-17-14)21-8-2-3-9-21/h4-7,10-11H,2-3,8-9H2,1H3,(H2,17,18,19,20,22). The van der Waals surface area contributed by atoms with E-state index in [1.807, 2.05) is 0 Å². The number of nitrogens with one attached hydrogen (secondary N) is 2. The quantitative estimate of drug-likeness (QED) is 0.907. The van der Waals surface area contributed by atoms with Gasteiger partial charge in [-0.2, -0.15) is 0 Å². The van der Waals surface area contributed by atoms with E-state index in [4.69, 9.17) is 4.74 Å². The number of amides is 2. The minimum atomic E-state index is -0.346. The number of carbonyl (C=O) groups is 1. The van der Waals surface area contributed by atoms with Crippen molar-refractivity contribution in [2.45, 2.75) is 12.8 Å². The van der Waals surface area contributed by atoms with Crippen LogP contribution in [0, 0.1) is 0 Å². The summed E-state index contributed by atoms with van der Waals surface area (Å²) in [5.41, 5.74) is 0.678. The lowest BCUT2D eigenvalue weighted by Crippen LogP contribution is -2.22. The Morgan fingerprint density at radius 3 is 2.57 bits per heavy atom. The molecule has 2 amide bonds. The van der Waals surface area contributed by atoms with Gasteiger partial charge in [0.25, 0.3) is 0 Å². The highest BCUT2D eigenvalue weighted by Crippen LogP contribution is 2.19. The van der Waals surface area contributed by atoms with Crippen molar-refractivity contribution in [3.63, 3.8) is 0 Å². The predicted octanol–water partition coefficient (Wildman–Crippen LogP) is 2.73. The van der Waals surface area contributed by atoms with Crippen molar-refractivity contribution in [3.8, 4) is 5.75 Å². The summed E-state index contributed by atoms with van der Waals surface area (Å²) in [4.78, 5) is 22.6. The maximum Gasteiger partial charge on any atom is 0.324 e. The third-order valence-electron chi connectivity index (χ3n) is 3.67. The molecule has 0 spiro atoms. The first-order valence-electron chi connectivity index (χ1n) is 7.53. The molecule has 7 heteroatoms. The van der Waals surface area contributed by atoms with Crippen molar-refractivity contribution in [1.29, 1.82) is 0 Å². The molecule has 1 aliphatic rings. The molecule has 0 unspecified atom stereocenters. The molecule has 1 aliphatic heterocycles. The van der Waals surface area contributed by atoms with E-state index in [1.54, 1.807) is 37.4 Å². The van der Waals surface area contributed by atoms with Crippen LogP contribution in [0.2, 0.25) is 0 Å². The summed E-state index contributed by atoms with van der Waals surface area (Å²) in [7, 11) is 1.60. The first-order valence-corrected chi connectivity index (χ1v) is 7.53. The molecule has 2 heterocycles. The lowest BCUT2D eigenvalue weighted by molar-refractivity contribution is 0.262. The van der Waals surface area contributed by atoms with Crippen LogP contribution in [0.5, 0.6) is 5.75 Å². The maximum absolute atomic E-state index is 12.0. The normalized spacial score (nSPS) is 13.7. The fourth-order valence-corrected chi connectivity index (χ4v) is 2.49. The van der Waals surface area contributed by atoms with Crippen LogP contribution in [0.15, 0.2) is 36.7 Å². The highest BCUT2D eigenvalue weighted by molar-refractivity contribution is 5.99. The molecule has 2 aromatic rings. The van der Waals surface area contributed by atoms with Crippen LogP contribution in [0.4, 0.5) is 22.1 Å². The summed E-state index contributed by atoms with van der Waals surface area (Å²) in [6.07, 6.45) is 3.81. The van der Waals surface area contributed by atoms with Crippen LogP contribution >= 0.6 is 0 Å². The monoisotopic (exact) mass is 313 g/mol. The number of aromatic nitrogens is 2. The highest BCUT2D eigenvalue weighted by atomic mass is 16.5. The topological polar surface area (TPSA) is 79.4 Å². The number of benzene rings is 1. The summed E-state index contributed by atoms with van der Waals surface area (Å²) in [5.74, 6) is 2.06. The minimum Gasteiger partial charge on any atom is -0.497 e. The van der Waals surface area contributed by atoms with E-state index in [2.05, 4.69) is 25.5 Å². The summed E-state index contributed by atoms with van der Waals surface area (Å²) in [6, 6.07) is 8.56. The Bertz CT molecular complexity index is 668. The van der Waals surface area contributed by atoms with Crippen molar-refractivity contribution in [1.82, 2.24) is 9.97 Å². The number of hydrogen-bond acceptors (Lipinski definition) is 5. The van der Waals surface area contributed by atoms with E-state index in [-0.39, 0.29) is 6.03 Å². The number of methoxy groups -OCH3 is 1. The number of ether oxygens (including phenoxy) is 1. The average molecular weight is 313 g/mol. The zero-order chi connectivity index (χ0) is 16.1. The Labute approximate surface area is 134 Å². The smallest absolute Gasteiger partial charge is 0.324 e. The van der Waals surface area contributed by atoms with E-state index in [1.165, 1.54) is 19.2 Å². The maximum atomic E-state index is 12.0. The van der Waals surface area contributed by atoms with Crippen LogP contribution in [-0.4, -0.2) is 36.2 Å². The van der Waals surface area contributed by atoms with Gasteiger partial charge in [0.15, 0.2) is 0 Å². The van der Waals surface area contributed by atoms with Gasteiger partial charge in [0, 0.05) is 24.8 Å². The number of carbonyl (C=O) groups excluding carboxylic acids is 1. The van der Waals surface area contributed by atoms with Crippen LogP contribution in [0.3, 0.4) is 0 Å². The first kappa shape index (κ1) is 15.1. The van der Waals surface area contributed by atoms with Gasteiger partial charge < -0.3 is 15.0 Å². The van der Waals surface area contributed by atoms with E-state index in [0.717, 1.165) is 24.7 Å². The molecule has 0 atom stereocenters. The fraction of sp³-hybridized carbons (Fsp3) is 0.312. The molecule has 23 heavy (non-hydrogen) atoms. The average Bonchev–Trinajstić information content (AvgIpc) is 3.10. The lowest BCUT2D eigenvalue weighted by Gasteiger charge is -2.16. The van der Waals surface area contributed by atoms with Gasteiger partial charge in [-0.3, -0.25) is 5.32 Å². The lowest BCUT2D eigenvalue weighted by atomic mass is 10.3. The Morgan fingerprint density at radius 2 is 1.87 bits per heavy atom. The third kappa shape index (κ3) is 3.88. The van der Waals surface area contributed by atoms with Crippen molar-refractivity contribution in [2.24, 2.45) is 0 Å². The molecule has 1 aromatic heterocycles. The van der Waals surface area contributed by atoms with E-state index in [0.29, 0.717) is 11.5 Å². The second kappa shape index (κ2) is 6.95. The predicted molar refractivity (Wildman–Crippen MR) is 89.1 cm³/mol. The third-order valence-corrected chi connectivity index (χ3v) is 3.67. The molecule has 3 rings (SSSR count). The fourth-order valence-electron chi connectivity index (χ4n) is 2.49. The molecule has 1 fully saturated rings. The molecule has 0 radical (unpaired) electrons. The zero-order valence-electron chi connectivity index (χ0n) is 13.0. The van der Waals surface area contributed by atoms with Gasteiger partial charge in [0.2, 0.25) is 0 Å². The minimum absolute atomic E-state index is 0.346. The van der Waals surface area contributed by atoms with Gasteiger partial charge in [-0.15, -0.1) is 0 Å². The second-order valence-electron chi connectivity index (χ2n) is 5.26. The number of rotatable bonds is 4. The van der Waals surface area contributed by atoms with E-state index >= 15 is 0 Å². The van der Waals surface area contributed by atoms with Crippen molar-refractivity contribution in [3.05, 3.63) is 36.7 Å². The zero-order valence-corrected chi connectivity index (χ0v) is 13.0. The second-order valence-corrected chi connectivity index (χ2v) is 5.26. The molecule has 1 aromatic carbocycles. The molecular formula is C16H19N5O2. The van der Waals surface area contributed by atoms with Crippen molar-refractivity contribution < 1.29 is 9.53 Å². The van der Waals surface area contributed by atoms with Gasteiger partial charge >= 0.3 is 6.03 Å². The molecule has 7 nitrogen and oxygen atoms in total. The summed E-state index contributed by atoms with van der Waals surface area (Å²) in [6.45, 7) is 1.99. The first-order chi connectivity index (χ1) is 11.2. The van der Waals surface area contributed by atoms with Gasteiger partial charge in [0.1, 0.15) is 23.7 Å². The molecule has 1 saturated heterocycles. The van der Waals surface area contributed by atoms with Crippen molar-refractivity contribution >= 4 is 23.4 Å². The van der Waals surface area contributed by atoms with Gasteiger partial charge in [-0.25, -0.2) is 14.8 Å². The highest BCUT2D eigenvalue weighted by Gasteiger charge is 2.14. The molecule has 0 saturated carbocycles. The van der Waals surface area contributed by atoms with Crippen LogP contribution < -0.4 is 20.3 Å². The van der Waals surface area contributed by atoms with Crippen LogP contribution in [0.25, 0.3) is 0 Å². The Kier molecular flexibility index (Phi) is 4.56. The number of anilines is 3. The molecule has 2 N–H and O–H groups in total. The van der Waals surface area contributed by atoms with Crippen LogP contribution in [-0.2, 0) is 0 Å². The van der Waals surface area contributed by atoms with Crippen LogP contribution in [0.1, 0.15) is 12.8 Å². The van der Waals surface area contributed by atoms with Gasteiger partial charge in [0.05, 0.1) is 7.11 Å². The molecule has 120 valence electrons. The summed E-state index contributed by atoms with van der Waals surface area (Å²) >= 11 is 0. The van der Waals surface area contributed by atoms with E-state index < -0.39 is 0 Å². The largest absolute Gasteiger partial charge is 0.497 e. The van der Waals surface area contributed by atoms with E-state index in [9.17, 15) is 4.79 Å². The SMILES string of the molecule is COc1ccc(NC(=O)Nc2cc(N3CCCC3)ncn2)cc1. The van der Waals surface area contributed by atoms with Gasteiger partial charge in [-0.1, -0.05) is 0 Å². The molecular weight excluding hydrogens is 294 g/mol. The Hall–Kier alpha value is -2.83. The molecule has 0 bridgehead atoms. The summed E-state index contributed by atoms with van der Waals surface area (Å²) in [5, 5.41) is 5.47. The van der Waals surface area contributed by atoms with Gasteiger partial charge in [-0.05, 0) is 37.1 Å². The Morgan fingerprint density at radius 1 is 1.13 bits per heavy atom. The number of hydrogen-bond donors (Lipinski definition) is 2. The molecule has 0 aliphatic carbocycles. The Balaban J connectivity index is 1.61.